The van der Waals surface area contributed by atoms with E-state index in [0.717, 1.165) is 5.56 Å². The third kappa shape index (κ3) is 5.84. The van der Waals surface area contributed by atoms with Crippen molar-refractivity contribution in [1.82, 2.24) is 9.97 Å². The third-order valence-electron chi connectivity index (χ3n) is 4.83. The smallest absolute Gasteiger partial charge is 0.412 e. The number of pyridine rings is 2. The van der Waals surface area contributed by atoms with Gasteiger partial charge in [0, 0.05) is 17.6 Å². The maximum absolute atomic E-state index is 12.3. The fraction of sp³-hybridized carbons (Fsp3) is 0.192. The van der Waals surface area contributed by atoms with Crippen LogP contribution in [0.3, 0.4) is 0 Å². The molecule has 184 valence electrons. The highest BCUT2D eigenvalue weighted by Gasteiger charge is 2.24. The molecule has 1 amide bonds. The SMILES string of the molecule is CC(C)(C)OC(=O)Nc1ccc(Oc2ccnc([N+](=O)[O-])c2OCc2ccccc2)c2cccnc12. The number of amides is 1. The summed E-state index contributed by atoms with van der Waals surface area (Å²) in [6, 6.07) is 17.5. The van der Waals surface area contributed by atoms with Crippen molar-refractivity contribution in [1.29, 1.82) is 0 Å². The molecule has 0 aliphatic heterocycles. The number of hydrogen-bond acceptors (Lipinski definition) is 8. The van der Waals surface area contributed by atoms with E-state index < -0.39 is 22.4 Å². The first kappa shape index (κ1) is 24.4. The summed E-state index contributed by atoms with van der Waals surface area (Å²) < 4.78 is 17.2. The zero-order valence-electron chi connectivity index (χ0n) is 19.9. The van der Waals surface area contributed by atoms with Crippen LogP contribution in [0.2, 0.25) is 0 Å². The number of rotatable bonds is 7. The molecule has 10 heteroatoms. The van der Waals surface area contributed by atoms with Gasteiger partial charge in [-0.3, -0.25) is 10.3 Å². The average Bonchev–Trinajstić information content (AvgIpc) is 2.84. The number of carbonyl (C=O) groups excluding carboxylic acids is 1. The Labute approximate surface area is 207 Å². The number of nitro groups is 1. The van der Waals surface area contributed by atoms with Crippen molar-refractivity contribution in [3.63, 3.8) is 0 Å². The molecule has 0 saturated carbocycles. The fourth-order valence-electron chi connectivity index (χ4n) is 3.36. The Morgan fingerprint density at radius 1 is 0.972 bits per heavy atom. The van der Waals surface area contributed by atoms with Crippen LogP contribution in [0.15, 0.2) is 73.1 Å². The molecule has 4 rings (SSSR count). The number of nitrogens with zero attached hydrogens (tertiary/aromatic N) is 3. The van der Waals surface area contributed by atoms with Crippen molar-refractivity contribution in [3.05, 3.63) is 88.7 Å². The standard InChI is InChI=1S/C26H24N4O6/c1-26(2,3)36-25(31)29-19-11-12-20(18-10-7-14-27-22(18)19)35-21-13-15-28-24(30(32)33)23(21)34-16-17-8-5-4-6-9-17/h4-15H,16H2,1-3H3,(H,29,31). The van der Waals surface area contributed by atoms with Crippen molar-refractivity contribution < 1.29 is 23.9 Å². The Hall–Kier alpha value is -4.73. The van der Waals surface area contributed by atoms with E-state index in [0.29, 0.717) is 22.3 Å². The molecule has 2 aromatic carbocycles. The van der Waals surface area contributed by atoms with Gasteiger partial charge in [-0.15, -0.1) is 0 Å². The summed E-state index contributed by atoms with van der Waals surface area (Å²) in [4.78, 5) is 31.5. The third-order valence-corrected chi connectivity index (χ3v) is 4.83. The van der Waals surface area contributed by atoms with Gasteiger partial charge >= 0.3 is 11.9 Å². The zero-order valence-corrected chi connectivity index (χ0v) is 19.9. The van der Waals surface area contributed by atoms with Crippen molar-refractivity contribution in [3.8, 4) is 17.2 Å². The van der Waals surface area contributed by atoms with Gasteiger partial charge in [0.15, 0.2) is 5.75 Å². The van der Waals surface area contributed by atoms with Crippen LogP contribution in [-0.2, 0) is 11.3 Å². The van der Waals surface area contributed by atoms with E-state index in [1.54, 1.807) is 51.2 Å². The topological polar surface area (TPSA) is 126 Å². The Balaban J connectivity index is 1.67. The second-order valence-corrected chi connectivity index (χ2v) is 8.73. The molecule has 0 bridgehead atoms. The molecule has 0 atom stereocenters. The van der Waals surface area contributed by atoms with E-state index in [4.69, 9.17) is 14.2 Å². The lowest BCUT2D eigenvalue weighted by molar-refractivity contribution is -0.390. The number of aromatic nitrogens is 2. The highest BCUT2D eigenvalue weighted by Crippen LogP contribution is 2.40. The molecule has 0 unspecified atom stereocenters. The van der Waals surface area contributed by atoms with Crippen molar-refractivity contribution >= 4 is 28.5 Å². The molecular formula is C26H24N4O6. The van der Waals surface area contributed by atoms with E-state index in [9.17, 15) is 14.9 Å². The molecule has 0 saturated heterocycles. The highest BCUT2D eigenvalue weighted by molar-refractivity contribution is 6.00. The summed E-state index contributed by atoms with van der Waals surface area (Å²) in [5, 5.41) is 14.9. The quantitative estimate of drug-likeness (QED) is 0.239. The summed E-state index contributed by atoms with van der Waals surface area (Å²) in [7, 11) is 0. The summed E-state index contributed by atoms with van der Waals surface area (Å²) >= 11 is 0. The van der Waals surface area contributed by atoms with Gasteiger partial charge in [-0.25, -0.2) is 4.79 Å². The Bertz CT molecular complexity index is 1400. The lowest BCUT2D eigenvalue weighted by Crippen LogP contribution is -2.27. The van der Waals surface area contributed by atoms with Gasteiger partial charge in [-0.2, -0.15) is 0 Å². The van der Waals surface area contributed by atoms with Gasteiger partial charge in [0.05, 0.1) is 11.2 Å². The number of carbonyl (C=O) groups is 1. The molecule has 2 aromatic heterocycles. The predicted molar refractivity (Wildman–Crippen MR) is 133 cm³/mol. The molecule has 0 fully saturated rings. The summed E-state index contributed by atoms with van der Waals surface area (Å²) in [6.45, 7) is 5.40. The molecular weight excluding hydrogens is 464 g/mol. The predicted octanol–water partition coefficient (Wildman–Crippen LogP) is 6.26. The van der Waals surface area contributed by atoms with Crippen LogP contribution in [0.1, 0.15) is 26.3 Å². The van der Waals surface area contributed by atoms with Crippen LogP contribution in [0.4, 0.5) is 16.3 Å². The minimum Gasteiger partial charge on any atom is -0.478 e. The van der Waals surface area contributed by atoms with E-state index in [-0.39, 0.29) is 18.1 Å². The zero-order chi connectivity index (χ0) is 25.7. The van der Waals surface area contributed by atoms with Gasteiger partial charge in [-0.1, -0.05) is 30.3 Å². The lowest BCUT2D eigenvalue weighted by atomic mass is 10.1. The monoisotopic (exact) mass is 488 g/mol. The van der Waals surface area contributed by atoms with Crippen molar-refractivity contribution in [2.45, 2.75) is 33.0 Å². The number of ether oxygens (including phenoxy) is 3. The molecule has 10 nitrogen and oxygen atoms in total. The Morgan fingerprint density at radius 3 is 2.47 bits per heavy atom. The largest absolute Gasteiger partial charge is 0.478 e. The summed E-state index contributed by atoms with van der Waals surface area (Å²) in [5.41, 5.74) is 1.04. The van der Waals surface area contributed by atoms with Gasteiger partial charge in [0.1, 0.15) is 24.2 Å². The van der Waals surface area contributed by atoms with Gasteiger partial charge in [0.2, 0.25) is 0 Å². The first-order valence-corrected chi connectivity index (χ1v) is 11.1. The molecule has 36 heavy (non-hydrogen) atoms. The van der Waals surface area contributed by atoms with Crippen LogP contribution in [0.25, 0.3) is 10.9 Å². The minimum atomic E-state index is -0.664. The number of anilines is 1. The highest BCUT2D eigenvalue weighted by atomic mass is 16.6. The number of fused-ring (bicyclic) bond motifs is 1. The van der Waals surface area contributed by atoms with Crippen LogP contribution in [0, 0.1) is 10.1 Å². The second kappa shape index (κ2) is 10.3. The average molecular weight is 489 g/mol. The van der Waals surface area contributed by atoms with Crippen molar-refractivity contribution in [2.75, 3.05) is 5.32 Å². The molecule has 0 aliphatic rings. The van der Waals surface area contributed by atoms with E-state index >= 15 is 0 Å². The van der Waals surface area contributed by atoms with E-state index in [2.05, 4.69) is 15.3 Å². The Morgan fingerprint density at radius 2 is 1.75 bits per heavy atom. The van der Waals surface area contributed by atoms with Crippen LogP contribution in [0.5, 0.6) is 17.2 Å². The van der Waals surface area contributed by atoms with Crippen LogP contribution in [-0.4, -0.2) is 26.6 Å². The summed E-state index contributed by atoms with van der Waals surface area (Å²) in [5.74, 6) is -0.0862. The molecule has 0 spiro atoms. The normalized spacial score (nSPS) is 11.1. The van der Waals surface area contributed by atoms with Gasteiger partial charge in [-0.05, 0) is 60.5 Å². The number of benzene rings is 2. The van der Waals surface area contributed by atoms with Crippen LogP contribution < -0.4 is 14.8 Å². The van der Waals surface area contributed by atoms with Crippen LogP contribution >= 0.6 is 0 Å². The number of hydrogen-bond donors (Lipinski definition) is 1. The van der Waals surface area contributed by atoms with E-state index in [1.165, 1.54) is 12.3 Å². The molecule has 1 N–H and O–H groups in total. The maximum Gasteiger partial charge on any atom is 0.412 e. The van der Waals surface area contributed by atoms with Gasteiger partial charge < -0.3 is 24.3 Å². The van der Waals surface area contributed by atoms with Gasteiger partial charge in [0.25, 0.3) is 5.75 Å². The molecule has 2 heterocycles. The molecule has 4 aromatic rings. The first-order valence-electron chi connectivity index (χ1n) is 11.1. The fourth-order valence-corrected chi connectivity index (χ4v) is 3.36. The first-order chi connectivity index (χ1) is 17.2. The molecule has 0 radical (unpaired) electrons. The Kier molecular flexibility index (Phi) is 6.95. The maximum atomic E-state index is 12.3. The van der Waals surface area contributed by atoms with Crippen molar-refractivity contribution in [2.24, 2.45) is 0 Å². The molecule has 0 aliphatic carbocycles. The minimum absolute atomic E-state index is 0.0881. The second-order valence-electron chi connectivity index (χ2n) is 8.73. The lowest BCUT2D eigenvalue weighted by Gasteiger charge is -2.20. The number of nitrogens with one attached hydrogen (secondary N) is 1. The van der Waals surface area contributed by atoms with E-state index in [1.807, 2.05) is 30.3 Å². The summed E-state index contributed by atoms with van der Waals surface area (Å²) in [6.07, 6.45) is 2.24.